The van der Waals surface area contributed by atoms with E-state index in [1.807, 2.05) is 0 Å². The predicted molar refractivity (Wildman–Crippen MR) is 101 cm³/mol. The quantitative estimate of drug-likeness (QED) is 0.281. The van der Waals surface area contributed by atoms with Crippen molar-refractivity contribution in [3.8, 4) is 11.5 Å². The summed E-state index contributed by atoms with van der Waals surface area (Å²) in [6.07, 6.45) is -4.35. The van der Waals surface area contributed by atoms with E-state index in [1.54, 1.807) is 6.07 Å². The summed E-state index contributed by atoms with van der Waals surface area (Å²) in [4.78, 5) is 23.3. The number of phenolic OH excluding ortho intramolecular Hbond substituents is 1. The van der Waals surface area contributed by atoms with Crippen LogP contribution in [0.25, 0.3) is 6.08 Å². The molecule has 2 fully saturated rings. The summed E-state index contributed by atoms with van der Waals surface area (Å²) in [6.45, 7) is 0.983. The summed E-state index contributed by atoms with van der Waals surface area (Å²) < 4.78 is 15.5. The van der Waals surface area contributed by atoms with Gasteiger partial charge in [-0.05, 0) is 30.7 Å². The first-order valence-corrected chi connectivity index (χ1v) is 9.19. The number of fused-ring (bicyclic) bond motifs is 1. The Bertz CT molecular complexity index is 843. The number of amides is 2. The zero-order chi connectivity index (χ0) is 22.0. The molecule has 11 nitrogen and oxygen atoms in total. The first kappa shape index (κ1) is 22.0. The molecule has 3 rings (SSSR count). The number of aliphatic hydroxyl groups is 3. The molecule has 2 amide bonds. The number of rotatable bonds is 6. The fourth-order valence-corrected chi connectivity index (χ4v) is 3.43. The van der Waals surface area contributed by atoms with E-state index in [-0.39, 0.29) is 23.9 Å². The van der Waals surface area contributed by atoms with Crippen molar-refractivity contribution in [2.45, 2.75) is 43.5 Å². The fourth-order valence-electron chi connectivity index (χ4n) is 3.43. The molecule has 1 saturated carbocycles. The van der Waals surface area contributed by atoms with Crippen molar-refractivity contribution in [1.82, 2.24) is 5.32 Å². The van der Waals surface area contributed by atoms with Crippen LogP contribution < -0.4 is 15.8 Å². The maximum absolute atomic E-state index is 12.5. The van der Waals surface area contributed by atoms with Crippen LogP contribution in [0.2, 0.25) is 0 Å². The Morgan fingerprint density at radius 2 is 1.87 bits per heavy atom. The molecule has 164 valence electrons. The standard InChI is InChI=1S/C19H24N2O9/c1-8(4-9-2-3-11(10(22)5-9)28-6-12(20)23)19(27)21-13-14(24)16(26)18-17(15(13)25)29-7-30-18/h2-5,13-18,22,24-26H,6-7H2,1H3,(H2,20,23)(H,21,27)/b8-4+/t13-,14+,15-,16-,17+,18-/m1/s1. The number of carbonyl (C=O) groups excluding carboxylic acids is 2. The van der Waals surface area contributed by atoms with Crippen LogP contribution in [0.3, 0.4) is 0 Å². The average Bonchev–Trinajstić information content (AvgIpc) is 3.19. The van der Waals surface area contributed by atoms with Crippen molar-refractivity contribution in [2.75, 3.05) is 13.4 Å². The van der Waals surface area contributed by atoms with Gasteiger partial charge in [-0.25, -0.2) is 0 Å². The van der Waals surface area contributed by atoms with E-state index in [2.05, 4.69) is 5.32 Å². The SMILES string of the molecule is C/C(=C\c1ccc(OCC(N)=O)c(O)c1)C(=O)N[C@@H]1[C@H](O)[C@@H](O)[C@H]2OCO[C@H]2[C@@H]1O. The van der Waals surface area contributed by atoms with E-state index in [0.29, 0.717) is 5.56 Å². The maximum Gasteiger partial charge on any atom is 0.255 e. The lowest BCUT2D eigenvalue weighted by Crippen LogP contribution is -2.67. The highest BCUT2D eigenvalue weighted by Gasteiger charge is 2.53. The number of ether oxygens (including phenoxy) is 3. The fraction of sp³-hybridized carbons (Fsp3) is 0.474. The number of phenols is 1. The molecule has 0 bridgehead atoms. The Morgan fingerprint density at radius 1 is 1.20 bits per heavy atom. The highest BCUT2D eigenvalue weighted by Crippen LogP contribution is 2.30. The summed E-state index contributed by atoms with van der Waals surface area (Å²) in [5.41, 5.74) is 5.66. The van der Waals surface area contributed by atoms with Gasteiger partial charge < -0.3 is 45.7 Å². The van der Waals surface area contributed by atoms with Crippen molar-refractivity contribution in [1.29, 1.82) is 0 Å². The van der Waals surface area contributed by atoms with Crippen LogP contribution in [0.15, 0.2) is 23.8 Å². The van der Waals surface area contributed by atoms with E-state index >= 15 is 0 Å². The van der Waals surface area contributed by atoms with Gasteiger partial charge in [0.15, 0.2) is 18.1 Å². The number of benzene rings is 1. The van der Waals surface area contributed by atoms with Gasteiger partial charge in [0.25, 0.3) is 5.91 Å². The minimum Gasteiger partial charge on any atom is -0.504 e. The first-order chi connectivity index (χ1) is 14.2. The van der Waals surface area contributed by atoms with Gasteiger partial charge in [0.1, 0.15) is 37.3 Å². The second kappa shape index (κ2) is 8.98. The lowest BCUT2D eigenvalue weighted by atomic mass is 9.83. The Hall–Kier alpha value is -2.70. The molecule has 0 radical (unpaired) electrons. The van der Waals surface area contributed by atoms with E-state index in [0.717, 1.165) is 0 Å². The monoisotopic (exact) mass is 424 g/mol. The Balaban J connectivity index is 1.68. The number of carbonyl (C=O) groups is 2. The van der Waals surface area contributed by atoms with Gasteiger partial charge in [0.05, 0.1) is 6.04 Å². The molecule has 7 N–H and O–H groups in total. The molecule has 11 heteroatoms. The zero-order valence-corrected chi connectivity index (χ0v) is 16.1. The normalized spacial score (nSPS) is 31.1. The highest BCUT2D eigenvalue weighted by molar-refractivity contribution is 5.97. The number of primary amides is 1. The number of hydrogen-bond acceptors (Lipinski definition) is 9. The number of aromatic hydroxyl groups is 1. The van der Waals surface area contributed by atoms with Gasteiger partial charge in [-0.2, -0.15) is 0 Å². The molecular weight excluding hydrogens is 400 g/mol. The van der Waals surface area contributed by atoms with Gasteiger partial charge in [-0.3, -0.25) is 9.59 Å². The highest BCUT2D eigenvalue weighted by atomic mass is 16.7. The van der Waals surface area contributed by atoms with Crippen molar-refractivity contribution in [2.24, 2.45) is 5.73 Å². The van der Waals surface area contributed by atoms with Crippen LogP contribution in [0.1, 0.15) is 12.5 Å². The summed E-state index contributed by atoms with van der Waals surface area (Å²) >= 11 is 0. The summed E-state index contributed by atoms with van der Waals surface area (Å²) in [7, 11) is 0. The maximum atomic E-state index is 12.5. The Kier molecular flexibility index (Phi) is 6.58. The number of hydrogen-bond donors (Lipinski definition) is 6. The Morgan fingerprint density at radius 3 is 2.50 bits per heavy atom. The van der Waals surface area contributed by atoms with Crippen LogP contribution in [-0.2, 0) is 19.1 Å². The number of nitrogens with one attached hydrogen (secondary N) is 1. The molecule has 30 heavy (non-hydrogen) atoms. The van der Waals surface area contributed by atoms with Crippen molar-refractivity contribution < 1.29 is 44.2 Å². The summed E-state index contributed by atoms with van der Waals surface area (Å²) in [6, 6.07) is 3.12. The molecule has 1 saturated heterocycles. The van der Waals surface area contributed by atoms with Gasteiger partial charge in [0.2, 0.25) is 5.91 Å². The molecule has 0 unspecified atom stereocenters. The van der Waals surface area contributed by atoms with Crippen LogP contribution in [-0.4, -0.2) is 82.2 Å². The molecule has 1 aliphatic carbocycles. The lowest BCUT2D eigenvalue weighted by Gasteiger charge is -2.41. The third kappa shape index (κ3) is 4.55. The van der Waals surface area contributed by atoms with E-state index in [4.69, 9.17) is 19.9 Å². The van der Waals surface area contributed by atoms with E-state index in [9.17, 15) is 30.0 Å². The third-order valence-corrected chi connectivity index (χ3v) is 5.00. The molecule has 6 atom stereocenters. The second-order valence-corrected chi connectivity index (χ2v) is 7.16. The van der Waals surface area contributed by atoms with Crippen LogP contribution >= 0.6 is 0 Å². The van der Waals surface area contributed by atoms with Crippen LogP contribution in [0.4, 0.5) is 0 Å². The molecule has 1 aliphatic heterocycles. The van der Waals surface area contributed by atoms with Gasteiger partial charge in [0, 0.05) is 5.57 Å². The molecule has 2 aliphatic rings. The predicted octanol–water partition coefficient (Wildman–Crippen LogP) is -2.02. The van der Waals surface area contributed by atoms with E-state index in [1.165, 1.54) is 25.1 Å². The molecule has 1 heterocycles. The molecular formula is C19H24N2O9. The first-order valence-electron chi connectivity index (χ1n) is 9.19. The molecule has 1 aromatic rings. The van der Waals surface area contributed by atoms with Crippen molar-refractivity contribution >= 4 is 17.9 Å². The summed E-state index contributed by atoms with van der Waals surface area (Å²) in [5.74, 6) is -1.48. The minimum atomic E-state index is -1.45. The summed E-state index contributed by atoms with van der Waals surface area (Å²) in [5, 5.41) is 43.3. The number of aliphatic hydroxyl groups excluding tert-OH is 3. The molecule has 1 aromatic carbocycles. The largest absolute Gasteiger partial charge is 0.504 e. The lowest BCUT2D eigenvalue weighted by molar-refractivity contribution is -0.155. The van der Waals surface area contributed by atoms with Crippen LogP contribution in [0.5, 0.6) is 11.5 Å². The van der Waals surface area contributed by atoms with Gasteiger partial charge in [-0.1, -0.05) is 6.07 Å². The smallest absolute Gasteiger partial charge is 0.255 e. The topological polar surface area (TPSA) is 181 Å². The zero-order valence-electron chi connectivity index (χ0n) is 16.1. The van der Waals surface area contributed by atoms with Gasteiger partial charge in [-0.15, -0.1) is 0 Å². The van der Waals surface area contributed by atoms with Crippen molar-refractivity contribution in [3.63, 3.8) is 0 Å². The van der Waals surface area contributed by atoms with Gasteiger partial charge >= 0.3 is 0 Å². The van der Waals surface area contributed by atoms with Crippen molar-refractivity contribution in [3.05, 3.63) is 29.3 Å². The third-order valence-electron chi connectivity index (χ3n) is 5.00. The molecule has 0 aromatic heterocycles. The second-order valence-electron chi connectivity index (χ2n) is 7.16. The van der Waals surface area contributed by atoms with Crippen LogP contribution in [0, 0.1) is 0 Å². The molecule has 0 spiro atoms. The minimum absolute atomic E-state index is 0.0591. The Labute approximate surface area is 171 Å². The number of nitrogens with two attached hydrogens (primary N) is 1. The van der Waals surface area contributed by atoms with E-state index < -0.39 is 55.0 Å². The average molecular weight is 424 g/mol.